The number of nitrogens with zero attached hydrogens (tertiary/aromatic N) is 1. The van der Waals surface area contributed by atoms with Gasteiger partial charge in [-0.1, -0.05) is 18.9 Å². The van der Waals surface area contributed by atoms with Crippen LogP contribution >= 0.6 is 11.6 Å². The van der Waals surface area contributed by atoms with Gasteiger partial charge in [-0.25, -0.2) is 4.98 Å². The van der Waals surface area contributed by atoms with Crippen LogP contribution in [0.4, 0.5) is 0 Å². The summed E-state index contributed by atoms with van der Waals surface area (Å²) in [6, 6.07) is 0. The minimum Gasteiger partial charge on any atom is -0.394 e. The first-order valence-corrected chi connectivity index (χ1v) is 8.85. The highest BCUT2D eigenvalue weighted by molar-refractivity contribution is 6.28. The van der Waals surface area contributed by atoms with Gasteiger partial charge in [0.2, 0.25) is 5.28 Å². The maximum absolute atomic E-state index is 12.1. The second-order valence-corrected chi connectivity index (χ2v) is 5.87. The molecule has 6 nitrogen and oxygen atoms in total. The third kappa shape index (κ3) is 8.59. The van der Waals surface area contributed by atoms with Crippen LogP contribution in [-0.2, 0) is 11.2 Å². The summed E-state index contributed by atoms with van der Waals surface area (Å²) in [4.78, 5) is 18.9. The van der Waals surface area contributed by atoms with Crippen LogP contribution in [0.15, 0.2) is 10.9 Å². The first-order valence-electron chi connectivity index (χ1n) is 8.47. The normalized spacial score (nSPS) is 11.5. The van der Waals surface area contributed by atoms with E-state index in [0.29, 0.717) is 30.9 Å². The van der Waals surface area contributed by atoms with Crippen molar-refractivity contribution >= 4 is 17.7 Å². The molecular formula is C17H28ClN3O3. The summed E-state index contributed by atoms with van der Waals surface area (Å²) in [6.07, 6.45) is 9.37. The molecule has 0 spiro atoms. The topological polar surface area (TPSA) is 87.2 Å². The van der Waals surface area contributed by atoms with Crippen molar-refractivity contribution in [2.24, 2.45) is 0 Å². The Morgan fingerprint density at radius 1 is 1.29 bits per heavy atom. The van der Waals surface area contributed by atoms with Crippen LogP contribution in [-0.4, -0.2) is 48.5 Å². The minimum absolute atomic E-state index is 0.0664. The zero-order valence-corrected chi connectivity index (χ0v) is 15.1. The van der Waals surface area contributed by atoms with E-state index in [9.17, 15) is 4.79 Å². The van der Waals surface area contributed by atoms with E-state index in [1.807, 2.05) is 19.2 Å². The van der Waals surface area contributed by atoms with Crippen LogP contribution < -0.4 is 10.9 Å². The van der Waals surface area contributed by atoms with Gasteiger partial charge in [0.05, 0.1) is 18.9 Å². The monoisotopic (exact) mass is 357 g/mol. The Morgan fingerprint density at radius 3 is 2.83 bits per heavy atom. The lowest BCUT2D eigenvalue weighted by Gasteiger charge is -2.06. The first-order chi connectivity index (χ1) is 11.7. The summed E-state index contributed by atoms with van der Waals surface area (Å²) in [7, 11) is 1.90. The molecule has 0 saturated heterocycles. The quantitative estimate of drug-likeness (QED) is 0.372. The zero-order valence-electron chi connectivity index (χ0n) is 14.3. The van der Waals surface area contributed by atoms with Crippen molar-refractivity contribution in [1.29, 1.82) is 0 Å². The molecule has 136 valence electrons. The van der Waals surface area contributed by atoms with Gasteiger partial charge in [0.15, 0.2) is 0 Å². The fourth-order valence-corrected chi connectivity index (χ4v) is 2.49. The van der Waals surface area contributed by atoms with Crippen molar-refractivity contribution in [3.05, 3.63) is 33.0 Å². The van der Waals surface area contributed by atoms with E-state index in [1.165, 1.54) is 0 Å². The molecular weight excluding hydrogens is 330 g/mol. The van der Waals surface area contributed by atoms with E-state index in [-0.39, 0.29) is 17.4 Å². The van der Waals surface area contributed by atoms with E-state index in [4.69, 9.17) is 21.4 Å². The second kappa shape index (κ2) is 13.1. The number of hydrogen-bond donors (Lipinski definition) is 3. The molecule has 24 heavy (non-hydrogen) atoms. The van der Waals surface area contributed by atoms with Crippen LogP contribution in [0.1, 0.15) is 43.4 Å². The molecule has 0 amide bonds. The molecule has 3 N–H and O–H groups in total. The van der Waals surface area contributed by atoms with Gasteiger partial charge in [-0.05, 0) is 57.0 Å². The van der Waals surface area contributed by atoms with Gasteiger partial charge in [-0.3, -0.25) is 9.78 Å². The molecule has 1 aromatic heterocycles. The smallest absolute Gasteiger partial charge is 0.255 e. The molecule has 1 aromatic rings. The Labute approximate surface area is 148 Å². The summed E-state index contributed by atoms with van der Waals surface area (Å²) < 4.78 is 5.22. The summed E-state index contributed by atoms with van der Waals surface area (Å²) in [5, 5.41) is 11.8. The average molecular weight is 358 g/mol. The fraction of sp³-hybridized carbons (Fsp3) is 0.647. The number of unbranched alkanes of at least 4 members (excludes halogenated alkanes) is 3. The number of ether oxygens (including phenoxy) is 1. The van der Waals surface area contributed by atoms with Gasteiger partial charge < -0.3 is 15.2 Å². The molecule has 0 fully saturated rings. The highest BCUT2D eigenvalue weighted by atomic mass is 35.5. The number of H-pyrrole nitrogens is 1. The lowest BCUT2D eigenvalue weighted by Crippen LogP contribution is -2.16. The SMILES string of the molecule is CNCC/C=C\c1nc(Cl)[nH]c(=O)c1CCCCCCOCCO. The van der Waals surface area contributed by atoms with E-state index in [2.05, 4.69) is 15.3 Å². The van der Waals surface area contributed by atoms with Gasteiger partial charge in [-0.15, -0.1) is 0 Å². The molecule has 0 atom stereocenters. The number of nitrogens with one attached hydrogen (secondary N) is 2. The van der Waals surface area contributed by atoms with E-state index in [0.717, 1.165) is 38.6 Å². The Morgan fingerprint density at radius 2 is 2.08 bits per heavy atom. The van der Waals surface area contributed by atoms with Crippen molar-refractivity contribution in [3.63, 3.8) is 0 Å². The first kappa shape index (κ1) is 20.8. The van der Waals surface area contributed by atoms with E-state index >= 15 is 0 Å². The van der Waals surface area contributed by atoms with E-state index in [1.54, 1.807) is 0 Å². The number of aliphatic hydroxyl groups is 1. The number of hydrogen-bond acceptors (Lipinski definition) is 5. The lowest BCUT2D eigenvalue weighted by atomic mass is 10.1. The highest BCUT2D eigenvalue weighted by Crippen LogP contribution is 2.12. The number of rotatable bonds is 13. The Balaban J connectivity index is 2.48. The van der Waals surface area contributed by atoms with Gasteiger partial charge in [-0.2, -0.15) is 0 Å². The molecule has 0 aliphatic heterocycles. The Bertz CT molecular complexity index is 546. The summed E-state index contributed by atoms with van der Waals surface area (Å²) in [5.41, 5.74) is 1.19. The zero-order chi connectivity index (χ0) is 17.6. The summed E-state index contributed by atoms with van der Waals surface area (Å²) in [6.45, 7) is 2.01. The number of aromatic amines is 1. The molecule has 0 saturated carbocycles. The summed E-state index contributed by atoms with van der Waals surface area (Å²) >= 11 is 5.86. The number of aliphatic hydroxyl groups excluding tert-OH is 1. The third-order valence-electron chi connectivity index (χ3n) is 3.56. The predicted molar refractivity (Wildman–Crippen MR) is 97.5 cm³/mol. The molecule has 1 heterocycles. The highest BCUT2D eigenvalue weighted by Gasteiger charge is 2.08. The van der Waals surface area contributed by atoms with Gasteiger partial charge in [0.25, 0.3) is 5.56 Å². The van der Waals surface area contributed by atoms with Crippen LogP contribution in [0.2, 0.25) is 5.28 Å². The van der Waals surface area contributed by atoms with Crippen LogP contribution in [0.5, 0.6) is 0 Å². The molecule has 7 heteroatoms. The lowest BCUT2D eigenvalue weighted by molar-refractivity contribution is 0.0895. The molecule has 0 aliphatic carbocycles. The molecule has 0 bridgehead atoms. The van der Waals surface area contributed by atoms with Crippen LogP contribution in [0.25, 0.3) is 6.08 Å². The van der Waals surface area contributed by atoms with Crippen LogP contribution in [0.3, 0.4) is 0 Å². The summed E-state index contributed by atoms with van der Waals surface area (Å²) in [5.74, 6) is 0. The molecule has 0 unspecified atom stereocenters. The predicted octanol–water partition coefficient (Wildman–Crippen LogP) is 2.16. The maximum atomic E-state index is 12.1. The van der Waals surface area contributed by atoms with Crippen molar-refractivity contribution in [2.45, 2.75) is 38.5 Å². The van der Waals surface area contributed by atoms with Gasteiger partial charge >= 0.3 is 0 Å². The van der Waals surface area contributed by atoms with Crippen molar-refractivity contribution in [3.8, 4) is 0 Å². The van der Waals surface area contributed by atoms with Gasteiger partial charge in [0, 0.05) is 12.2 Å². The molecule has 0 aliphatic rings. The standard InChI is InChI=1S/C17H28ClN3O3/c1-19-10-6-5-9-15-14(16(23)21-17(18)20-15)8-4-2-3-7-12-24-13-11-22/h5,9,19,22H,2-4,6-8,10-13H2,1H3,(H,20,21,23)/b9-5-. The second-order valence-electron chi connectivity index (χ2n) is 5.52. The molecule has 0 aromatic carbocycles. The van der Waals surface area contributed by atoms with Crippen LogP contribution in [0, 0.1) is 0 Å². The van der Waals surface area contributed by atoms with Crippen molar-refractivity contribution in [2.75, 3.05) is 33.4 Å². The fourth-order valence-electron chi connectivity index (χ4n) is 2.31. The average Bonchev–Trinajstić information content (AvgIpc) is 2.55. The molecule has 0 radical (unpaired) electrons. The number of halogens is 1. The Hall–Kier alpha value is -1.21. The number of aromatic nitrogens is 2. The van der Waals surface area contributed by atoms with Crippen molar-refractivity contribution in [1.82, 2.24) is 15.3 Å². The largest absolute Gasteiger partial charge is 0.394 e. The van der Waals surface area contributed by atoms with E-state index < -0.39 is 0 Å². The Kier molecular flexibility index (Phi) is 11.4. The van der Waals surface area contributed by atoms with Crippen molar-refractivity contribution < 1.29 is 9.84 Å². The maximum Gasteiger partial charge on any atom is 0.255 e. The molecule has 1 rings (SSSR count). The minimum atomic E-state index is -0.158. The van der Waals surface area contributed by atoms with Gasteiger partial charge in [0.1, 0.15) is 0 Å². The third-order valence-corrected chi connectivity index (χ3v) is 3.74.